The lowest BCUT2D eigenvalue weighted by Gasteiger charge is -2.39. The van der Waals surface area contributed by atoms with Crippen LogP contribution in [-0.2, 0) is 19.1 Å². The van der Waals surface area contributed by atoms with Crippen LogP contribution in [0.2, 0.25) is 0 Å². The van der Waals surface area contributed by atoms with Crippen LogP contribution in [0.4, 0.5) is 39.5 Å². The van der Waals surface area contributed by atoms with Crippen molar-refractivity contribution in [3.05, 3.63) is 0 Å². The van der Waals surface area contributed by atoms with Crippen LogP contribution in [0.15, 0.2) is 0 Å². The molecule has 1 heterocycles. The molecule has 1 saturated heterocycles. The Kier molecular flexibility index (Phi) is 8.14. The normalized spacial score (nSPS) is 39.6. The molecule has 15 heteroatoms. The van der Waals surface area contributed by atoms with Gasteiger partial charge in [-0.1, -0.05) is 20.8 Å². The molecular formula is C28H34F9NO5. The van der Waals surface area contributed by atoms with E-state index in [2.05, 4.69) is 0 Å². The zero-order valence-corrected chi connectivity index (χ0v) is 23.9. The molecule has 4 aliphatic carbocycles. The Balaban J connectivity index is 0.000000199. The van der Waals surface area contributed by atoms with Crippen molar-refractivity contribution in [2.45, 2.75) is 103 Å². The molecule has 5 rings (SSSR count). The smallest absolute Gasteiger partial charge is 0.426 e. The molecule has 4 bridgehead atoms. The standard InChI is InChI=1S/C15H16F3NO4.C13H18F6O/c1-3-13(2,15(16,17)18)11(20)22-9-7-4-8-10(9)23-12(21)14(8,5-7)6-19;1-6-7(2)10-4-8(6)3-9(10)5-11(20,12(14,15)16)13(17,18)19/h7-10H,3-5H2,1-2H3;6-10,20H,3-5H2,1-2H3. The van der Waals surface area contributed by atoms with Gasteiger partial charge in [0.2, 0.25) is 0 Å². The Morgan fingerprint density at radius 1 is 1.00 bits per heavy atom. The molecule has 0 aromatic heterocycles. The number of rotatable bonds is 5. The lowest BCUT2D eigenvalue weighted by molar-refractivity contribution is -0.373. The van der Waals surface area contributed by atoms with Crippen LogP contribution in [-0.4, -0.2) is 53.4 Å². The molecule has 1 aliphatic heterocycles. The Morgan fingerprint density at radius 2 is 1.58 bits per heavy atom. The third-order valence-corrected chi connectivity index (χ3v) is 11.3. The molecule has 0 amide bonds. The van der Waals surface area contributed by atoms with E-state index in [1.54, 1.807) is 0 Å². The number of aliphatic hydroxyl groups is 1. The summed E-state index contributed by atoms with van der Waals surface area (Å²) in [6, 6.07) is 1.99. The van der Waals surface area contributed by atoms with E-state index in [-0.39, 0.29) is 30.1 Å². The molecule has 0 aromatic rings. The van der Waals surface area contributed by atoms with Gasteiger partial charge < -0.3 is 14.6 Å². The molecule has 5 fully saturated rings. The van der Waals surface area contributed by atoms with Gasteiger partial charge in [-0.3, -0.25) is 9.59 Å². The molecule has 0 aromatic carbocycles. The number of nitriles is 1. The summed E-state index contributed by atoms with van der Waals surface area (Å²) >= 11 is 0. The lowest BCUT2D eigenvalue weighted by Crippen LogP contribution is -2.58. The highest BCUT2D eigenvalue weighted by Crippen LogP contribution is 2.63. The van der Waals surface area contributed by atoms with Crippen molar-refractivity contribution >= 4 is 11.9 Å². The summed E-state index contributed by atoms with van der Waals surface area (Å²) in [5.74, 6) is -2.93. The fourth-order valence-electron chi connectivity index (χ4n) is 8.10. The maximum Gasteiger partial charge on any atom is 0.426 e. The summed E-state index contributed by atoms with van der Waals surface area (Å²) in [7, 11) is 0. The Labute approximate surface area is 242 Å². The van der Waals surface area contributed by atoms with Gasteiger partial charge in [0.25, 0.3) is 5.60 Å². The summed E-state index contributed by atoms with van der Waals surface area (Å²) in [4.78, 5) is 24.1. The molecule has 4 saturated carbocycles. The predicted molar refractivity (Wildman–Crippen MR) is 128 cm³/mol. The first-order valence-electron chi connectivity index (χ1n) is 14.2. The summed E-state index contributed by atoms with van der Waals surface area (Å²) in [6.45, 7) is 5.95. The second-order valence-electron chi connectivity index (χ2n) is 13.2. The van der Waals surface area contributed by atoms with Crippen LogP contribution in [0, 0.1) is 63.6 Å². The van der Waals surface area contributed by atoms with Gasteiger partial charge >= 0.3 is 30.5 Å². The van der Waals surface area contributed by atoms with E-state index in [1.807, 2.05) is 19.9 Å². The highest BCUT2D eigenvalue weighted by Gasteiger charge is 2.73. The highest BCUT2D eigenvalue weighted by molar-refractivity contribution is 5.85. The first kappa shape index (κ1) is 33.6. The summed E-state index contributed by atoms with van der Waals surface area (Å²) in [6.07, 6.45) is -17.9. The third kappa shape index (κ3) is 4.97. The number of fused-ring (bicyclic) bond motifs is 3. The van der Waals surface area contributed by atoms with E-state index in [4.69, 9.17) is 9.47 Å². The van der Waals surface area contributed by atoms with Crippen LogP contribution < -0.4 is 0 Å². The maximum atomic E-state index is 13.2. The second kappa shape index (κ2) is 10.4. The number of hydrogen-bond acceptors (Lipinski definition) is 6. The van der Waals surface area contributed by atoms with Crippen molar-refractivity contribution in [1.82, 2.24) is 0 Å². The van der Waals surface area contributed by atoms with Crippen molar-refractivity contribution in [2.75, 3.05) is 0 Å². The van der Waals surface area contributed by atoms with Crippen molar-refractivity contribution in [2.24, 2.45) is 52.3 Å². The number of ether oxygens (including phenoxy) is 2. The number of carbonyl (C=O) groups excluding carboxylic acids is 2. The molecule has 0 radical (unpaired) electrons. The average molecular weight is 636 g/mol. The van der Waals surface area contributed by atoms with Gasteiger partial charge in [0.1, 0.15) is 12.2 Å². The van der Waals surface area contributed by atoms with Crippen molar-refractivity contribution in [1.29, 1.82) is 5.26 Å². The first-order chi connectivity index (χ1) is 19.5. The second-order valence-corrected chi connectivity index (χ2v) is 13.2. The monoisotopic (exact) mass is 635 g/mol. The van der Waals surface area contributed by atoms with Crippen LogP contribution in [0.1, 0.15) is 66.2 Å². The van der Waals surface area contributed by atoms with E-state index in [0.29, 0.717) is 25.2 Å². The number of nitrogens with zero attached hydrogens (tertiary/aromatic N) is 1. The largest absolute Gasteiger partial charge is 0.457 e. The van der Waals surface area contributed by atoms with Crippen LogP contribution in [0.5, 0.6) is 0 Å². The molecule has 0 spiro atoms. The minimum absolute atomic E-state index is 0.115. The molecule has 244 valence electrons. The van der Waals surface area contributed by atoms with Crippen LogP contribution in [0.3, 0.4) is 0 Å². The van der Waals surface area contributed by atoms with E-state index in [1.165, 1.54) is 6.92 Å². The summed E-state index contributed by atoms with van der Waals surface area (Å²) in [5.41, 5.74) is -8.39. The van der Waals surface area contributed by atoms with Crippen molar-refractivity contribution in [3.8, 4) is 6.07 Å². The zero-order chi connectivity index (χ0) is 32.7. The van der Waals surface area contributed by atoms with Gasteiger partial charge in [-0.25, -0.2) is 0 Å². The highest BCUT2D eigenvalue weighted by atomic mass is 19.4. The quantitative estimate of drug-likeness (QED) is 0.273. The Morgan fingerprint density at radius 3 is 2.02 bits per heavy atom. The molecule has 6 nitrogen and oxygen atoms in total. The average Bonchev–Trinajstić information content (AvgIpc) is 3.65. The molecule has 11 unspecified atom stereocenters. The SMILES string of the molecule is CC1C2CC(CC(O)(C(F)(F)F)C(F)(F)F)C(C2)C1C.CCC(C)(C(=O)OC1C2CC3C1OC(=O)C3(C#N)C2)C(F)(F)F. The molecule has 43 heavy (non-hydrogen) atoms. The van der Waals surface area contributed by atoms with E-state index in [0.717, 1.165) is 6.92 Å². The van der Waals surface area contributed by atoms with Gasteiger partial charge in [0, 0.05) is 11.8 Å². The zero-order valence-electron chi connectivity index (χ0n) is 23.9. The van der Waals surface area contributed by atoms with Gasteiger partial charge in [-0.15, -0.1) is 0 Å². The number of halogens is 9. The minimum Gasteiger partial charge on any atom is -0.457 e. The van der Waals surface area contributed by atoms with E-state index in [9.17, 15) is 59.5 Å². The van der Waals surface area contributed by atoms with Crippen molar-refractivity contribution < 1.29 is 63.7 Å². The lowest BCUT2D eigenvalue weighted by atomic mass is 9.72. The molecule has 5 aliphatic rings. The Bertz CT molecular complexity index is 1150. The van der Waals surface area contributed by atoms with Gasteiger partial charge in [0.15, 0.2) is 10.8 Å². The topological polar surface area (TPSA) is 96.6 Å². The van der Waals surface area contributed by atoms with Gasteiger partial charge in [-0.2, -0.15) is 44.8 Å². The van der Waals surface area contributed by atoms with Gasteiger partial charge in [-0.05, 0) is 75.0 Å². The van der Waals surface area contributed by atoms with Crippen LogP contribution >= 0.6 is 0 Å². The minimum atomic E-state index is -5.69. The molecule has 1 N–H and O–H groups in total. The molecular weight excluding hydrogens is 601 g/mol. The number of carbonyl (C=O) groups is 2. The van der Waals surface area contributed by atoms with E-state index < -0.39 is 83.8 Å². The van der Waals surface area contributed by atoms with Crippen LogP contribution in [0.25, 0.3) is 0 Å². The Hall–Kier alpha value is -2.24. The van der Waals surface area contributed by atoms with E-state index >= 15 is 0 Å². The first-order valence-corrected chi connectivity index (χ1v) is 14.2. The summed E-state index contributed by atoms with van der Waals surface area (Å²) < 4.78 is 126. The fraction of sp³-hybridized carbons (Fsp3) is 0.893. The predicted octanol–water partition coefficient (Wildman–Crippen LogP) is 6.51. The third-order valence-electron chi connectivity index (χ3n) is 11.3. The fourth-order valence-corrected chi connectivity index (χ4v) is 8.10. The number of esters is 2. The summed E-state index contributed by atoms with van der Waals surface area (Å²) in [5, 5.41) is 18.5. The van der Waals surface area contributed by atoms with Crippen molar-refractivity contribution in [3.63, 3.8) is 0 Å². The maximum absolute atomic E-state index is 13.2. The number of alkyl halides is 9. The number of hydrogen-bond donors (Lipinski definition) is 1. The van der Waals surface area contributed by atoms with Gasteiger partial charge in [0.05, 0.1) is 6.07 Å². The molecule has 11 atom stereocenters.